The molecule has 5 nitrogen and oxygen atoms in total. The molecule has 2 aliphatic heterocycles. The fourth-order valence-corrected chi connectivity index (χ4v) is 2.90. The van der Waals surface area contributed by atoms with Crippen LogP contribution in [-0.4, -0.2) is 42.8 Å². The highest BCUT2D eigenvalue weighted by Crippen LogP contribution is 2.21. The standard InChI is InChI=1S/C14H21N3O2/c18-14(16-11-5-9-19-10-11)13-2-1-8-17(13)12-3-6-15-7-4-12/h1-2,8,11-12,15H,3-7,9-10H2,(H,16,18). The van der Waals surface area contributed by atoms with Gasteiger partial charge in [0.15, 0.2) is 0 Å². The van der Waals surface area contributed by atoms with Crippen molar-refractivity contribution < 1.29 is 9.53 Å². The number of ether oxygens (including phenoxy) is 1. The van der Waals surface area contributed by atoms with E-state index in [1.54, 1.807) is 0 Å². The second-order valence-corrected chi connectivity index (χ2v) is 5.32. The lowest BCUT2D eigenvalue weighted by atomic mass is 10.1. The summed E-state index contributed by atoms with van der Waals surface area (Å²) < 4.78 is 7.42. The Morgan fingerprint density at radius 2 is 2.21 bits per heavy atom. The van der Waals surface area contributed by atoms with E-state index in [1.165, 1.54) is 0 Å². The van der Waals surface area contributed by atoms with Crippen molar-refractivity contribution in [1.82, 2.24) is 15.2 Å². The third kappa shape index (κ3) is 2.82. The van der Waals surface area contributed by atoms with Gasteiger partial charge in [0, 0.05) is 18.8 Å². The maximum atomic E-state index is 12.3. The largest absolute Gasteiger partial charge is 0.379 e. The molecule has 3 rings (SSSR count). The number of nitrogens with one attached hydrogen (secondary N) is 2. The first-order chi connectivity index (χ1) is 9.34. The topological polar surface area (TPSA) is 55.3 Å². The number of carbonyl (C=O) groups excluding carboxylic acids is 1. The number of carbonyl (C=O) groups is 1. The van der Waals surface area contributed by atoms with Gasteiger partial charge in [0.25, 0.3) is 5.91 Å². The van der Waals surface area contributed by atoms with Crippen molar-refractivity contribution >= 4 is 5.91 Å². The van der Waals surface area contributed by atoms with Gasteiger partial charge < -0.3 is 19.9 Å². The summed E-state index contributed by atoms with van der Waals surface area (Å²) in [5, 5.41) is 6.41. The maximum absolute atomic E-state index is 12.3. The van der Waals surface area contributed by atoms with E-state index in [9.17, 15) is 4.79 Å². The van der Waals surface area contributed by atoms with Crippen molar-refractivity contribution in [3.63, 3.8) is 0 Å². The molecule has 1 amide bonds. The minimum Gasteiger partial charge on any atom is -0.379 e. The smallest absolute Gasteiger partial charge is 0.268 e. The Labute approximate surface area is 113 Å². The number of hydrogen-bond donors (Lipinski definition) is 2. The third-order valence-corrected chi connectivity index (χ3v) is 3.98. The maximum Gasteiger partial charge on any atom is 0.268 e. The first-order valence-corrected chi connectivity index (χ1v) is 7.11. The van der Waals surface area contributed by atoms with Gasteiger partial charge in [-0.3, -0.25) is 4.79 Å². The Hall–Kier alpha value is -1.33. The van der Waals surface area contributed by atoms with Crippen molar-refractivity contribution in [1.29, 1.82) is 0 Å². The van der Waals surface area contributed by atoms with Crippen molar-refractivity contribution in [2.45, 2.75) is 31.3 Å². The lowest BCUT2D eigenvalue weighted by molar-refractivity contribution is 0.0917. The lowest BCUT2D eigenvalue weighted by Crippen LogP contribution is -2.37. The molecule has 1 unspecified atom stereocenters. The summed E-state index contributed by atoms with van der Waals surface area (Å²) in [6.45, 7) is 3.45. The predicted molar refractivity (Wildman–Crippen MR) is 72.3 cm³/mol. The molecule has 2 fully saturated rings. The normalized spacial score (nSPS) is 24.5. The highest BCUT2D eigenvalue weighted by Gasteiger charge is 2.23. The summed E-state index contributed by atoms with van der Waals surface area (Å²) in [5.74, 6) is 0.0269. The summed E-state index contributed by atoms with van der Waals surface area (Å²) in [6, 6.07) is 4.48. The zero-order valence-corrected chi connectivity index (χ0v) is 11.1. The molecule has 2 N–H and O–H groups in total. The summed E-state index contributed by atoms with van der Waals surface area (Å²) >= 11 is 0. The lowest BCUT2D eigenvalue weighted by Gasteiger charge is -2.26. The predicted octanol–water partition coefficient (Wildman–Crippen LogP) is 0.931. The van der Waals surface area contributed by atoms with Gasteiger partial charge >= 0.3 is 0 Å². The second kappa shape index (κ2) is 5.75. The van der Waals surface area contributed by atoms with Crippen LogP contribution in [0.2, 0.25) is 0 Å². The third-order valence-electron chi connectivity index (χ3n) is 3.98. The number of hydrogen-bond acceptors (Lipinski definition) is 3. The molecule has 1 atom stereocenters. The zero-order valence-electron chi connectivity index (χ0n) is 11.1. The van der Waals surface area contributed by atoms with Gasteiger partial charge in [0.2, 0.25) is 0 Å². The molecule has 104 valence electrons. The van der Waals surface area contributed by atoms with Gasteiger partial charge in [-0.25, -0.2) is 0 Å². The number of amides is 1. The van der Waals surface area contributed by atoms with Crippen LogP contribution in [0.15, 0.2) is 18.3 Å². The molecule has 2 saturated heterocycles. The molecule has 2 aliphatic rings. The zero-order chi connectivity index (χ0) is 13.1. The average molecular weight is 263 g/mol. The van der Waals surface area contributed by atoms with Gasteiger partial charge in [-0.2, -0.15) is 0 Å². The Morgan fingerprint density at radius 1 is 1.37 bits per heavy atom. The minimum absolute atomic E-state index is 0.0269. The summed E-state index contributed by atoms with van der Waals surface area (Å²) in [6.07, 6.45) is 5.11. The van der Waals surface area contributed by atoms with Crippen LogP contribution in [0.1, 0.15) is 35.8 Å². The van der Waals surface area contributed by atoms with E-state index in [2.05, 4.69) is 15.2 Å². The highest BCUT2D eigenvalue weighted by molar-refractivity contribution is 5.93. The molecule has 0 bridgehead atoms. The quantitative estimate of drug-likeness (QED) is 0.853. The van der Waals surface area contributed by atoms with Crippen molar-refractivity contribution in [2.75, 3.05) is 26.3 Å². The number of piperidine rings is 1. The first kappa shape index (κ1) is 12.7. The van der Waals surface area contributed by atoms with Gasteiger partial charge in [-0.15, -0.1) is 0 Å². The van der Waals surface area contributed by atoms with E-state index in [0.29, 0.717) is 12.6 Å². The average Bonchev–Trinajstić information content (AvgIpc) is 3.10. The monoisotopic (exact) mass is 263 g/mol. The Balaban J connectivity index is 1.69. The molecule has 0 saturated carbocycles. The summed E-state index contributed by atoms with van der Waals surface area (Å²) in [4.78, 5) is 12.3. The number of aromatic nitrogens is 1. The van der Waals surface area contributed by atoms with Crippen LogP contribution in [0.25, 0.3) is 0 Å². The molecular formula is C14H21N3O2. The molecule has 0 aromatic carbocycles. The van der Waals surface area contributed by atoms with Gasteiger partial charge in [-0.05, 0) is 44.5 Å². The van der Waals surface area contributed by atoms with E-state index in [-0.39, 0.29) is 11.9 Å². The molecule has 1 aromatic rings. The SMILES string of the molecule is O=C(NC1CCOC1)c1cccn1C1CCNCC1. The van der Waals surface area contributed by atoms with Crippen LogP contribution in [0.4, 0.5) is 0 Å². The molecule has 3 heterocycles. The molecule has 19 heavy (non-hydrogen) atoms. The van der Waals surface area contributed by atoms with E-state index < -0.39 is 0 Å². The fraction of sp³-hybridized carbons (Fsp3) is 0.643. The van der Waals surface area contributed by atoms with Crippen LogP contribution in [0.5, 0.6) is 0 Å². The molecule has 0 aliphatic carbocycles. The van der Waals surface area contributed by atoms with E-state index in [0.717, 1.165) is 44.7 Å². The molecule has 0 spiro atoms. The first-order valence-electron chi connectivity index (χ1n) is 7.11. The van der Waals surface area contributed by atoms with Crippen molar-refractivity contribution in [3.8, 4) is 0 Å². The van der Waals surface area contributed by atoms with Gasteiger partial charge in [0.1, 0.15) is 5.69 Å². The van der Waals surface area contributed by atoms with E-state index in [1.807, 2.05) is 18.3 Å². The Morgan fingerprint density at radius 3 is 2.95 bits per heavy atom. The highest BCUT2D eigenvalue weighted by atomic mass is 16.5. The van der Waals surface area contributed by atoms with Crippen LogP contribution >= 0.6 is 0 Å². The Bertz CT molecular complexity index is 432. The fourth-order valence-electron chi connectivity index (χ4n) is 2.90. The molecule has 1 aromatic heterocycles. The molecular weight excluding hydrogens is 242 g/mol. The molecule has 0 radical (unpaired) electrons. The van der Waals surface area contributed by atoms with Gasteiger partial charge in [-0.1, -0.05) is 0 Å². The van der Waals surface area contributed by atoms with Crippen molar-refractivity contribution in [2.24, 2.45) is 0 Å². The number of rotatable bonds is 3. The number of nitrogens with zero attached hydrogens (tertiary/aromatic N) is 1. The molecule has 5 heteroatoms. The van der Waals surface area contributed by atoms with Crippen LogP contribution < -0.4 is 10.6 Å². The second-order valence-electron chi connectivity index (χ2n) is 5.32. The minimum atomic E-state index is 0.0269. The van der Waals surface area contributed by atoms with Crippen molar-refractivity contribution in [3.05, 3.63) is 24.0 Å². The van der Waals surface area contributed by atoms with Crippen LogP contribution in [0.3, 0.4) is 0 Å². The summed E-state index contributed by atoms with van der Waals surface area (Å²) in [5.41, 5.74) is 0.777. The van der Waals surface area contributed by atoms with E-state index in [4.69, 9.17) is 4.74 Å². The summed E-state index contributed by atoms with van der Waals surface area (Å²) in [7, 11) is 0. The van der Waals surface area contributed by atoms with Crippen LogP contribution in [0, 0.1) is 0 Å². The van der Waals surface area contributed by atoms with E-state index >= 15 is 0 Å². The van der Waals surface area contributed by atoms with Gasteiger partial charge in [0.05, 0.1) is 12.6 Å². The Kier molecular flexibility index (Phi) is 3.84. The van der Waals surface area contributed by atoms with Crippen LogP contribution in [-0.2, 0) is 4.74 Å².